The molecule has 1 amide bonds. The first-order chi connectivity index (χ1) is 14.5. The summed E-state index contributed by atoms with van der Waals surface area (Å²) in [7, 11) is 1.53. The molecule has 1 saturated heterocycles. The Labute approximate surface area is 177 Å². The van der Waals surface area contributed by atoms with Crippen LogP contribution in [0.4, 0.5) is 5.69 Å². The molecule has 0 saturated carbocycles. The topological polar surface area (TPSA) is 93.3 Å². The van der Waals surface area contributed by atoms with Crippen molar-refractivity contribution in [2.75, 3.05) is 20.3 Å². The van der Waals surface area contributed by atoms with Crippen molar-refractivity contribution < 1.29 is 23.8 Å². The maximum absolute atomic E-state index is 12.9. The number of amides is 1. The minimum Gasteiger partial charge on any atom is -0.508 e. The summed E-state index contributed by atoms with van der Waals surface area (Å²) in [6, 6.07) is 11.4. The van der Waals surface area contributed by atoms with Gasteiger partial charge in [-0.25, -0.2) is 4.99 Å². The van der Waals surface area contributed by atoms with E-state index in [1.165, 1.54) is 19.2 Å². The Bertz CT molecular complexity index is 1150. The summed E-state index contributed by atoms with van der Waals surface area (Å²) in [6.45, 7) is 1.13. The van der Waals surface area contributed by atoms with Crippen molar-refractivity contribution >= 4 is 34.2 Å². The van der Waals surface area contributed by atoms with Crippen molar-refractivity contribution in [2.24, 2.45) is 4.99 Å². The van der Waals surface area contributed by atoms with Gasteiger partial charge < -0.3 is 24.3 Å². The van der Waals surface area contributed by atoms with E-state index in [-0.39, 0.29) is 28.9 Å². The fraction of sp³-hybridized carbons (Fsp3) is 0.273. The second kappa shape index (κ2) is 8.77. The average Bonchev–Trinajstić information content (AvgIpc) is 3.25. The van der Waals surface area contributed by atoms with Crippen molar-refractivity contribution in [3.8, 4) is 11.5 Å². The number of rotatable bonds is 5. The van der Waals surface area contributed by atoms with E-state index in [2.05, 4.69) is 10.3 Å². The molecule has 156 valence electrons. The van der Waals surface area contributed by atoms with Gasteiger partial charge in [-0.2, -0.15) is 0 Å². The monoisotopic (exact) mass is 428 g/mol. The van der Waals surface area contributed by atoms with Crippen LogP contribution in [0.15, 0.2) is 51.9 Å². The molecule has 0 bridgehead atoms. The number of nitrogens with one attached hydrogen (secondary N) is 1. The zero-order chi connectivity index (χ0) is 21.1. The van der Waals surface area contributed by atoms with E-state index >= 15 is 0 Å². The Balaban J connectivity index is 1.76. The van der Waals surface area contributed by atoms with Gasteiger partial charge in [-0.1, -0.05) is 11.6 Å². The van der Waals surface area contributed by atoms with Crippen molar-refractivity contribution in [1.29, 1.82) is 0 Å². The van der Waals surface area contributed by atoms with E-state index in [0.717, 1.165) is 12.8 Å². The molecule has 8 heteroatoms. The van der Waals surface area contributed by atoms with Gasteiger partial charge in [-0.3, -0.25) is 4.79 Å². The number of fused-ring (bicyclic) bond motifs is 1. The van der Waals surface area contributed by atoms with Crippen LogP contribution in [0.25, 0.3) is 11.0 Å². The molecule has 2 N–H and O–H groups in total. The van der Waals surface area contributed by atoms with Gasteiger partial charge in [0.1, 0.15) is 22.6 Å². The lowest BCUT2D eigenvalue weighted by Gasteiger charge is -2.11. The van der Waals surface area contributed by atoms with Gasteiger partial charge in [-0.15, -0.1) is 0 Å². The van der Waals surface area contributed by atoms with Crippen LogP contribution in [0.3, 0.4) is 0 Å². The minimum absolute atomic E-state index is 0.0177. The maximum atomic E-state index is 12.9. The SMILES string of the molecule is COc1ccc(N=c2oc3cc(O)ccc3cc2C(=O)NC[C@@H]2CCCO2)cc1Cl. The molecule has 1 aliphatic rings. The first-order valence-corrected chi connectivity index (χ1v) is 9.96. The average molecular weight is 429 g/mol. The molecule has 1 fully saturated rings. The number of halogens is 1. The predicted molar refractivity (Wildman–Crippen MR) is 112 cm³/mol. The number of phenolic OH excluding ortho intramolecular Hbond substituents is 1. The van der Waals surface area contributed by atoms with E-state index in [4.69, 9.17) is 25.5 Å². The van der Waals surface area contributed by atoms with Crippen molar-refractivity contribution in [3.05, 3.63) is 58.6 Å². The van der Waals surface area contributed by atoms with Crippen molar-refractivity contribution in [1.82, 2.24) is 5.32 Å². The summed E-state index contributed by atoms with van der Waals surface area (Å²) in [5.41, 5.74) is 1.29. The quantitative estimate of drug-likeness (QED) is 0.642. The molecule has 30 heavy (non-hydrogen) atoms. The zero-order valence-electron chi connectivity index (χ0n) is 16.4. The lowest BCUT2D eigenvalue weighted by molar-refractivity contribution is 0.0854. The van der Waals surface area contributed by atoms with Crippen LogP contribution in [-0.4, -0.2) is 37.4 Å². The Kier molecular flexibility index (Phi) is 5.92. The first-order valence-electron chi connectivity index (χ1n) is 9.58. The van der Waals surface area contributed by atoms with Gasteiger partial charge in [0.2, 0.25) is 5.55 Å². The molecule has 0 unspecified atom stereocenters. The number of methoxy groups -OCH3 is 1. The van der Waals surface area contributed by atoms with Crippen LogP contribution in [0.5, 0.6) is 11.5 Å². The van der Waals surface area contributed by atoms with Crippen LogP contribution in [-0.2, 0) is 4.74 Å². The Morgan fingerprint density at radius 3 is 2.90 bits per heavy atom. The highest BCUT2D eigenvalue weighted by atomic mass is 35.5. The molecule has 4 rings (SSSR count). The summed E-state index contributed by atoms with van der Waals surface area (Å²) in [4.78, 5) is 17.4. The second-order valence-corrected chi connectivity index (χ2v) is 7.37. The van der Waals surface area contributed by atoms with E-state index in [1.807, 2.05) is 0 Å². The Morgan fingerprint density at radius 1 is 1.30 bits per heavy atom. The number of aromatic hydroxyl groups is 1. The molecule has 7 nitrogen and oxygen atoms in total. The Hall–Kier alpha value is -3.03. The number of benzene rings is 2. The van der Waals surface area contributed by atoms with Gasteiger partial charge >= 0.3 is 0 Å². The van der Waals surface area contributed by atoms with Crippen LogP contribution in [0.2, 0.25) is 5.02 Å². The molecule has 2 heterocycles. The van der Waals surface area contributed by atoms with E-state index in [0.29, 0.717) is 40.6 Å². The predicted octanol–water partition coefficient (Wildman–Crippen LogP) is 3.94. The maximum Gasteiger partial charge on any atom is 0.256 e. The summed E-state index contributed by atoms with van der Waals surface area (Å²) >= 11 is 6.19. The molecule has 0 spiro atoms. The lowest BCUT2D eigenvalue weighted by Crippen LogP contribution is -2.34. The van der Waals surface area contributed by atoms with Crippen molar-refractivity contribution in [2.45, 2.75) is 18.9 Å². The molecule has 2 aromatic carbocycles. The van der Waals surface area contributed by atoms with E-state index < -0.39 is 0 Å². The summed E-state index contributed by atoms with van der Waals surface area (Å²) in [5.74, 6) is 0.258. The molecule has 3 aromatic rings. The number of phenols is 1. The van der Waals surface area contributed by atoms with Crippen LogP contribution < -0.4 is 15.6 Å². The second-order valence-electron chi connectivity index (χ2n) is 6.96. The van der Waals surface area contributed by atoms with Gasteiger partial charge in [-0.05, 0) is 49.2 Å². The molecule has 0 aliphatic carbocycles. The van der Waals surface area contributed by atoms with E-state index in [9.17, 15) is 9.90 Å². The minimum atomic E-state index is -0.317. The molecular weight excluding hydrogens is 408 g/mol. The number of hydrogen-bond donors (Lipinski definition) is 2. The number of ether oxygens (including phenoxy) is 2. The molecule has 1 aromatic heterocycles. The molecular formula is C22H21ClN2O5. The summed E-state index contributed by atoms with van der Waals surface area (Å²) in [5, 5.41) is 13.7. The Morgan fingerprint density at radius 2 is 2.17 bits per heavy atom. The first kappa shape index (κ1) is 20.3. The van der Waals surface area contributed by atoms with Crippen LogP contribution in [0, 0.1) is 0 Å². The summed E-state index contributed by atoms with van der Waals surface area (Å²) in [6.07, 6.45) is 1.93. The van der Waals surface area contributed by atoms with Crippen LogP contribution >= 0.6 is 11.6 Å². The highest BCUT2D eigenvalue weighted by molar-refractivity contribution is 6.32. The molecule has 1 atom stereocenters. The van der Waals surface area contributed by atoms with Gasteiger partial charge in [0, 0.05) is 24.6 Å². The normalized spacial score (nSPS) is 16.7. The van der Waals surface area contributed by atoms with Gasteiger partial charge in [0.25, 0.3) is 5.91 Å². The van der Waals surface area contributed by atoms with E-state index in [1.54, 1.807) is 30.3 Å². The third kappa shape index (κ3) is 4.42. The number of nitrogens with zero attached hydrogens (tertiary/aromatic N) is 1. The fourth-order valence-electron chi connectivity index (χ4n) is 3.30. The fourth-order valence-corrected chi connectivity index (χ4v) is 3.55. The van der Waals surface area contributed by atoms with Gasteiger partial charge in [0.05, 0.1) is 23.9 Å². The third-order valence-electron chi connectivity index (χ3n) is 4.86. The standard InChI is InChI=1S/C22H21ClN2O5/c1-28-19-7-5-14(10-18(19)23)25-22-17(21(27)24-12-16-3-2-8-29-16)9-13-4-6-15(26)11-20(13)30-22/h4-7,9-11,16,26H,2-3,8,12H2,1H3,(H,24,27)/t16-/m0/s1. The highest BCUT2D eigenvalue weighted by Crippen LogP contribution is 2.28. The number of carbonyl (C=O) groups excluding carboxylic acids is 1. The van der Waals surface area contributed by atoms with Crippen LogP contribution in [0.1, 0.15) is 23.2 Å². The smallest absolute Gasteiger partial charge is 0.256 e. The van der Waals surface area contributed by atoms with Crippen molar-refractivity contribution in [3.63, 3.8) is 0 Å². The molecule has 1 aliphatic heterocycles. The largest absolute Gasteiger partial charge is 0.508 e. The zero-order valence-corrected chi connectivity index (χ0v) is 17.1. The molecule has 0 radical (unpaired) electrons. The van der Waals surface area contributed by atoms with Gasteiger partial charge in [0.15, 0.2) is 0 Å². The number of carbonyl (C=O) groups is 1. The summed E-state index contributed by atoms with van der Waals surface area (Å²) < 4.78 is 16.6. The number of hydrogen-bond acceptors (Lipinski definition) is 6. The highest BCUT2D eigenvalue weighted by Gasteiger charge is 2.18. The third-order valence-corrected chi connectivity index (χ3v) is 5.15. The lowest BCUT2D eigenvalue weighted by atomic mass is 10.1.